The Morgan fingerprint density at radius 3 is 2.83 bits per heavy atom. The van der Waals surface area contributed by atoms with Gasteiger partial charge in [0.25, 0.3) is 0 Å². The van der Waals surface area contributed by atoms with Crippen LogP contribution in [0, 0.1) is 5.82 Å². The highest BCUT2D eigenvalue weighted by molar-refractivity contribution is 5.76. The van der Waals surface area contributed by atoms with Crippen LogP contribution in [0.5, 0.6) is 5.75 Å². The molecule has 24 heavy (non-hydrogen) atoms. The number of amides is 1. The average Bonchev–Trinajstić information content (AvgIpc) is 3.22. The van der Waals surface area contributed by atoms with Gasteiger partial charge in [0.1, 0.15) is 11.6 Å². The van der Waals surface area contributed by atoms with Crippen molar-refractivity contribution in [2.45, 2.75) is 25.0 Å². The lowest BCUT2D eigenvalue weighted by Gasteiger charge is -2.16. The van der Waals surface area contributed by atoms with E-state index in [9.17, 15) is 14.3 Å². The van der Waals surface area contributed by atoms with Gasteiger partial charge < -0.3 is 14.7 Å². The number of benzene rings is 1. The quantitative estimate of drug-likeness (QED) is 0.798. The van der Waals surface area contributed by atoms with Gasteiger partial charge in [0, 0.05) is 25.7 Å². The first-order chi connectivity index (χ1) is 11.6. The molecule has 1 aliphatic rings. The maximum Gasteiger partial charge on any atom is 0.222 e. The van der Waals surface area contributed by atoms with Crippen molar-refractivity contribution in [1.29, 1.82) is 0 Å². The Balaban J connectivity index is 1.42. The molecule has 0 aliphatic carbocycles. The van der Waals surface area contributed by atoms with Crippen LogP contribution in [0.2, 0.25) is 0 Å². The topological polar surface area (TPSA) is 80.5 Å². The van der Waals surface area contributed by atoms with Crippen molar-refractivity contribution in [2.75, 3.05) is 19.7 Å². The number of hydrogen-bond acceptors (Lipinski definition) is 5. The average molecular weight is 334 g/mol. The zero-order valence-corrected chi connectivity index (χ0v) is 13.1. The Bertz CT molecular complexity index is 662. The molecule has 0 radical (unpaired) electrons. The zero-order valence-electron chi connectivity index (χ0n) is 13.1. The SMILES string of the molecule is O=C(CCCOc1ccc(F)cc1)N1C[C@@H](O)[C@H](n2ccnn2)C1. The maximum absolute atomic E-state index is 12.8. The maximum atomic E-state index is 12.8. The number of aromatic nitrogens is 3. The van der Waals surface area contributed by atoms with Crippen molar-refractivity contribution in [3.8, 4) is 5.75 Å². The van der Waals surface area contributed by atoms with Gasteiger partial charge in [0.2, 0.25) is 5.91 Å². The van der Waals surface area contributed by atoms with Crippen LogP contribution < -0.4 is 4.74 Å². The van der Waals surface area contributed by atoms with Gasteiger partial charge in [-0.2, -0.15) is 0 Å². The molecular formula is C16H19FN4O3. The lowest BCUT2D eigenvalue weighted by molar-refractivity contribution is -0.130. The van der Waals surface area contributed by atoms with Crippen LogP contribution in [-0.4, -0.2) is 56.7 Å². The number of halogens is 1. The molecule has 2 atom stereocenters. The highest BCUT2D eigenvalue weighted by Crippen LogP contribution is 2.22. The molecule has 2 heterocycles. The normalized spacial score (nSPS) is 20.3. The summed E-state index contributed by atoms with van der Waals surface area (Å²) in [4.78, 5) is 13.9. The van der Waals surface area contributed by atoms with Crippen LogP contribution in [0.25, 0.3) is 0 Å². The Morgan fingerprint density at radius 1 is 1.33 bits per heavy atom. The third-order valence-electron chi connectivity index (χ3n) is 4.01. The van der Waals surface area contributed by atoms with Crippen LogP contribution in [-0.2, 0) is 4.79 Å². The molecule has 128 valence electrons. The van der Waals surface area contributed by atoms with Gasteiger partial charge >= 0.3 is 0 Å². The molecule has 0 saturated carbocycles. The minimum absolute atomic E-state index is 0.0284. The molecule has 8 heteroatoms. The molecule has 0 spiro atoms. The molecule has 7 nitrogen and oxygen atoms in total. The Morgan fingerprint density at radius 2 is 2.12 bits per heavy atom. The van der Waals surface area contributed by atoms with Gasteiger partial charge in [-0.15, -0.1) is 5.10 Å². The number of hydrogen-bond donors (Lipinski definition) is 1. The molecular weight excluding hydrogens is 315 g/mol. The van der Waals surface area contributed by atoms with Crippen LogP contribution in [0.15, 0.2) is 36.7 Å². The smallest absolute Gasteiger partial charge is 0.222 e. The minimum Gasteiger partial charge on any atom is -0.494 e. The molecule has 1 aliphatic heterocycles. The predicted octanol–water partition coefficient (Wildman–Crippen LogP) is 1.02. The Labute approximate surface area is 138 Å². The summed E-state index contributed by atoms with van der Waals surface area (Å²) in [5.41, 5.74) is 0. The highest BCUT2D eigenvalue weighted by Gasteiger charge is 2.35. The molecule has 1 aromatic carbocycles. The van der Waals surface area contributed by atoms with Crippen LogP contribution >= 0.6 is 0 Å². The summed E-state index contributed by atoms with van der Waals surface area (Å²) < 4.78 is 19.8. The highest BCUT2D eigenvalue weighted by atomic mass is 19.1. The van der Waals surface area contributed by atoms with Crippen molar-refractivity contribution in [2.24, 2.45) is 0 Å². The zero-order chi connectivity index (χ0) is 16.9. The van der Waals surface area contributed by atoms with E-state index in [1.807, 2.05) is 0 Å². The molecule has 2 aromatic rings. The van der Waals surface area contributed by atoms with Crippen LogP contribution in [0.3, 0.4) is 0 Å². The number of β-amino-alcohol motifs (C(OH)–C–C–N with tert-alkyl or cyclic N) is 1. The first kappa shape index (κ1) is 16.4. The fourth-order valence-corrected chi connectivity index (χ4v) is 2.73. The second kappa shape index (κ2) is 7.39. The van der Waals surface area contributed by atoms with E-state index >= 15 is 0 Å². The van der Waals surface area contributed by atoms with Gasteiger partial charge in [0.05, 0.1) is 24.9 Å². The molecule has 1 amide bonds. The van der Waals surface area contributed by atoms with Crippen LogP contribution in [0.1, 0.15) is 18.9 Å². The van der Waals surface area contributed by atoms with E-state index in [1.165, 1.54) is 12.1 Å². The Kier molecular flexibility index (Phi) is 5.05. The fraction of sp³-hybridized carbons (Fsp3) is 0.438. The van der Waals surface area contributed by atoms with Gasteiger partial charge in [-0.05, 0) is 30.7 Å². The van der Waals surface area contributed by atoms with E-state index in [0.29, 0.717) is 38.3 Å². The standard InChI is InChI=1S/C16H19FN4O3/c17-12-3-5-13(6-4-12)24-9-1-2-16(23)20-10-14(15(22)11-20)21-8-7-18-19-21/h3-8,14-15,22H,1-2,9-11H2/t14-,15-/m1/s1. The number of nitrogens with zero attached hydrogens (tertiary/aromatic N) is 4. The monoisotopic (exact) mass is 334 g/mol. The van der Waals surface area contributed by atoms with Gasteiger partial charge in [-0.3, -0.25) is 4.79 Å². The first-order valence-electron chi connectivity index (χ1n) is 7.83. The van der Waals surface area contributed by atoms with Gasteiger partial charge in [0.15, 0.2) is 0 Å². The predicted molar refractivity (Wildman–Crippen MR) is 82.8 cm³/mol. The van der Waals surface area contributed by atoms with E-state index in [-0.39, 0.29) is 17.8 Å². The lowest BCUT2D eigenvalue weighted by atomic mass is 10.2. The molecule has 0 bridgehead atoms. The summed E-state index contributed by atoms with van der Waals surface area (Å²) in [7, 11) is 0. The third kappa shape index (κ3) is 3.88. The second-order valence-corrected chi connectivity index (χ2v) is 5.72. The summed E-state index contributed by atoms with van der Waals surface area (Å²) in [6, 6.07) is 5.51. The number of ether oxygens (including phenoxy) is 1. The van der Waals surface area contributed by atoms with Crippen molar-refractivity contribution < 1.29 is 19.0 Å². The summed E-state index contributed by atoms with van der Waals surface area (Å²) in [6.45, 7) is 1.09. The van der Waals surface area contributed by atoms with Crippen molar-refractivity contribution >= 4 is 5.91 Å². The number of carbonyl (C=O) groups is 1. The van der Waals surface area contributed by atoms with Gasteiger partial charge in [-0.25, -0.2) is 9.07 Å². The Hall–Kier alpha value is -2.48. The summed E-state index contributed by atoms with van der Waals surface area (Å²) in [6.07, 6.45) is 3.46. The lowest BCUT2D eigenvalue weighted by Crippen LogP contribution is -2.29. The first-order valence-corrected chi connectivity index (χ1v) is 7.83. The molecule has 0 unspecified atom stereocenters. The van der Waals surface area contributed by atoms with Crippen molar-refractivity contribution in [3.05, 3.63) is 42.5 Å². The van der Waals surface area contributed by atoms with E-state index in [4.69, 9.17) is 4.74 Å². The largest absolute Gasteiger partial charge is 0.494 e. The van der Waals surface area contributed by atoms with Gasteiger partial charge in [-0.1, -0.05) is 5.21 Å². The second-order valence-electron chi connectivity index (χ2n) is 5.72. The van der Waals surface area contributed by atoms with E-state index < -0.39 is 6.10 Å². The van der Waals surface area contributed by atoms with E-state index in [1.54, 1.807) is 34.1 Å². The third-order valence-corrected chi connectivity index (χ3v) is 4.01. The van der Waals surface area contributed by atoms with Crippen molar-refractivity contribution in [1.82, 2.24) is 19.9 Å². The number of likely N-dealkylation sites (tertiary alicyclic amines) is 1. The van der Waals surface area contributed by atoms with Crippen molar-refractivity contribution in [3.63, 3.8) is 0 Å². The summed E-state index contributed by atoms with van der Waals surface area (Å²) in [5.74, 6) is 0.234. The van der Waals surface area contributed by atoms with E-state index in [0.717, 1.165) is 0 Å². The molecule has 1 N–H and O–H groups in total. The molecule has 1 aromatic heterocycles. The summed E-state index contributed by atoms with van der Waals surface area (Å²) >= 11 is 0. The number of carbonyl (C=O) groups excluding carboxylic acids is 1. The number of aliphatic hydroxyl groups is 1. The number of aliphatic hydroxyl groups excluding tert-OH is 1. The molecule has 1 fully saturated rings. The van der Waals surface area contributed by atoms with E-state index in [2.05, 4.69) is 10.3 Å². The molecule has 1 saturated heterocycles. The molecule has 3 rings (SSSR count). The fourth-order valence-electron chi connectivity index (χ4n) is 2.73. The van der Waals surface area contributed by atoms with Crippen LogP contribution in [0.4, 0.5) is 4.39 Å². The number of rotatable bonds is 6. The minimum atomic E-state index is -0.647. The summed E-state index contributed by atoms with van der Waals surface area (Å²) in [5, 5.41) is 17.7.